The highest BCUT2D eigenvalue weighted by Crippen LogP contribution is 2.22. The quantitative estimate of drug-likeness (QED) is 0.580. The highest BCUT2D eigenvalue weighted by Gasteiger charge is 2.16. The number of hydrogen-bond donors (Lipinski definition) is 1. The Bertz CT molecular complexity index is 876. The first-order valence-electron chi connectivity index (χ1n) is 7.38. The number of nitrogens with zero attached hydrogens (tertiary/aromatic N) is 2. The summed E-state index contributed by atoms with van der Waals surface area (Å²) in [5.41, 5.74) is 2.97. The number of aromatic nitrogens is 3. The van der Waals surface area contributed by atoms with Crippen LogP contribution in [-0.2, 0) is 18.2 Å². The Morgan fingerprint density at radius 1 is 1.35 bits per heavy atom. The fraction of sp³-hybridized carbons (Fsp3) is 0.235. The van der Waals surface area contributed by atoms with Crippen LogP contribution in [0.5, 0.6) is 0 Å². The van der Waals surface area contributed by atoms with Crippen molar-refractivity contribution in [2.24, 2.45) is 7.05 Å². The molecule has 3 aromatic rings. The van der Waals surface area contributed by atoms with Crippen molar-refractivity contribution in [2.75, 3.05) is 6.61 Å². The van der Waals surface area contributed by atoms with Crippen LogP contribution in [0.2, 0.25) is 0 Å². The minimum atomic E-state index is -0.555. The third-order valence-electron chi connectivity index (χ3n) is 3.76. The monoisotopic (exact) mass is 311 g/mol. The van der Waals surface area contributed by atoms with E-state index in [4.69, 9.17) is 4.74 Å². The van der Waals surface area contributed by atoms with Crippen molar-refractivity contribution >= 4 is 22.7 Å². The number of benzene rings is 1. The summed E-state index contributed by atoms with van der Waals surface area (Å²) in [5, 5.41) is 4.75. The van der Waals surface area contributed by atoms with Gasteiger partial charge in [-0.3, -0.25) is 9.48 Å². The van der Waals surface area contributed by atoms with Gasteiger partial charge in [0.25, 0.3) is 0 Å². The van der Waals surface area contributed by atoms with Crippen LogP contribution in [0, 0.1) is 0 Å². The van der Waals surface area contributed by atoms with Crippen molar-refractivity contribution in [1.29, 1.82) is 0 Å². The van der Waals surface area contributed by atoms with E-state index in [-0.39, 0.29) is 12.4 Å². The van der Waals surface area contributed by atoms with Crippen molar-refractivity contribution in [3.8, 4) is 0 Å². The number of para-hydroxylation sites is 1. The molecule has 1 N–H and O–H groups in total. The smallest absolute Gasteiger partial charge is 0.341 e. The van der Waals surface area contributed by atoms with Crippen LogP contribution < -0.4 is 0 Å². The van der Waals surface area contributed by atoms with E-state index in [1.807, 2.05) is 18.2 Å². The van der Waals surface area contributed by atoms with Crippen LogP contribution in [0.15, 0.2) is 36.8 Å². The summed E-state index contributed by atoms with van der Waals surface area (Å²) in [6.45, 7) is 1.77. The van der Waals surface area contributed by atoms with Gasteiger partial charge in [0.1, 0.15) is 0 Å². The first-order chi connectivity index (χ1) is 11.1. The average Bonchev–Trinajstić information content (AvgIpc) is 3.18. The van der Waals surface area contributed by atoms with Crippen LogP contribution in [-0.4, -0.2) is 33.1 Å². The highest BCUT2D eigenvalue weighted by molar-refractivity contribution is 6.09. The molecule has 2 heterocycles. The summed E-state index contributed by atoms with van der Waals surface area (Å²) < 4.78 is 6.58. The van der Waals surface area contributed by atoms with Crippen molar-refractivity contribution in [1.82, 2.24) is 14.8 Å². The van der Waals surface area contributed by atoms with E-state index >= 15 is 0 Å². The molecule has 3 rings (SSSR count). The normalized spacial score (nSPS) is 10.9. The van der Waals surface area contributed by atoms with E-state index in [2.05, 4.69) is 17.0 Å². The van der Waals surface area contributed by atoms with E-state index in [1.54, 1.807) is 19.4 Å². The van der Waals surface area contributed by atoms with E-state index in [0.717, 1.165) is 22.9 Å². The number of aromatic amines is 1. The molecule has 118 valence electrons. The van der Waals surface area contributed by atoms with E-state index < -0.39 is 5.97 Å². The first kappa shape index (κ1) is 15.0. The van der Waals surface area contributed by atoms with Gasteiger partial charge in [-0.1, -0.05) is 25.1 Å². The zero-order valence-corrected chi connectivity index (χ0v) is 13.0. The van der Waals surface area contributed by atoms with E-state index in [1.165, 1.54) is 10.9 Å². The minimum Gasteiger partial charge on any atom is -0.454 e. The largest absolute Gasteiger partial charge is 0.454 e. The van der Waals surface area contributed by atoms with Gasteiger partial charge in [0.15, 0.2) is 6.61 Å². The number of carbonyl (C=O) groups excluding carboxylic acids is 2. The number of fused-ring (bicyclic) bond motifs is 1. The number of aryl methyl sites for hydroxylation is 2. The zero-order valence-electron chi connectivity index (χ0n) is 13.0. The molecule has 23 heavy (non-hydrogen) atoms. The number of ether oxygens (including phenoxy) is 1. The molecule has 2 aromatic heterocycles. The molecular formula is C17H17N3O3. The van der Waals surface area contributed by atoms with Crippen molar-refractivity contribution < 1.29 is 14.3 Å². The fourth-order valence-corrected chi connectivity index (χ4v) is 2.56. The Kier molecular flexibility index (Phi) is 3.97. The number of nitrogens with one attached hydrogen (secondary N) is 1. The lowest BCUT2D eigenvalue weighted by Crippen LogP contribution is -2.13. The van der Waals surface area contributed by atoms with Crippen LogP contribution in [0.25, 0.3) is 10.9 Å². The Balaban J connectivity index is 1.75. The van der Waals surface area contributed by atoms with Gasteiger partial charge in [0.2, 0.25) is 5.78 Å². The maximum Gasteiger partial charge on any atom is 0.341 e. The summed E-state index contributed by atoms with van der Waals surface area (Å²) in [5.74, 6) is -0.790. The van der Waals surface area contributed by atoms with Gasteiger partial charge in [0, 0.05) is 35.9 Å². The van der Waals surface area contributed by atoms with Gasteiger partial charge in [-0.15, -0.1) is 0 Å². The second kappa shape index (κ2) is 6.08. The maximum atomic E-state index is 12.3. The second-order valence-electron chi connectivity index (χ2n) is 5.30. The van der Waals surface area contributed by atoms with E-state index in [9.17, 15) is 9.59 Å². The van der Waals surface area contributed by atoms with Gasteiger partial charge >= 0.3 is 5.97 Å². The molecule has 6 heteroatoms. The fourth-order valence-electron chi connectivity index (χ4n) is 2.56. The number of carbonyl (C=O) groups is 2. The molecule has 6 nitrogen and oxygen atoms in total. The first-order valence-corrected chi connectivity index (χ1v) is 7.38. The molecule has 0 aliphatic rings. The molecule has 0 aliphatic heterocycles. The lowest BCUT2D eigenvalue weighted by Gasteiger charge is -2.03. The third-order valence-corrected chi connectivity index (χ3v) is 3.76. The van der Waals surface area contributed by atoms with Gasteiger partial charge in [0.05, 0.1) is 11.8 Å². The summed E-state index contributed by atoms with van der Waals surface area (Å²) in [4.78, 5) is 27.3. The van der Waals surface area contributed by atoms with Crippen LogP contribution in [0.1, 0.15) is 33.2 Å². The number of H-pyrrole nitrogens is 1. The predicted octanol–water partition coefficient (Wildman–Crippen LogP) is 2.50. The highest BCUT2D eigenvalue weighted by atomic mass is 16.5. The summed E-state index contributed by atoms with van der Waals surface area (Å²) in [6.07, 6.45) is 5.50. The van der Waals surface area contributed by atoms with Gasteiger partial charge in [-0.05, 0) is 12.0 Å². The van der Waals surface area contributed by atoms with Gasteiger partial charge in [-0.25, -0.2) is 4.79 Å². The summed E-state index contributed by atoms with van der Waals surface area (Å²) in [7, 11) is 1.71. The third kappa shape index (κ3) is 2.88. The molecule has 0 aliphatic carbocycles. The van der Waals surface area contributed by atoms with Crippen molar-refractivity contribution in [3.63, 3.8) is 0 Å². The zero-order chi connectivity index (χ0) is 16.4. The molecule has 0 saturated heterocycles. The number of rotatable bonds is 5. The van der Waals surface area contributed by atoms with Crippen LogP contribution in [0.3, 0.4) is 0 Å². The lowest BCUT2D eigenvalue weighted by atomic mass is 10.1. The summed E-state index contributed by atoms with van der Waals surface area (Å²) >= 11 is 0. The number of Topliss-reactive ketones (excluding diaryl/α,β-unsaturated/α-hetero) is 1. The lowest BCUT2D eigenvalue weighted by molar-refractivity contribution is 0.0475. The Morgan fingerprint density at radius 3 is 2.87 bits per heavy atom. The van der Waals surface area contributed by atoms with Crippen molar-refractivity contribution in [3.05, 3.63) is 53.5 Å². The number of esters is 1. The number of hydrogen-bond acceptors (Lipinski definition) is 4. The number of ketones is 1. The molecule has 0 spiro atoms. The summed E-state index contributed by atoms with van der Waals surface area (Å²) in [6, 6.07) is 5.84. The molecule has 0 amide bonds. The minimum absolute atomic E-state index is 0.234. The maximum absolute atomic E-state index is 12.3. The molecule has 0 unspecified atom stereocenters. The van der Waals surface area contributed by atoms with E-state index in [0.29, 0.717) is 11.1 Å². The molecule has 0 radical (unpaired) electrons. The van der Waals surface area contributed by atoms with Gasteiger partial charge in [-0.2, -0.15) is 5.10 Å². The molecule has 0 atom stereocenters. The molecular weight excluding hydrogens is 294 g/mol. The average molecular weight is 311 g/mol. The Labute approximate surface area is 133 Å². The molecule has 1 aromatic carbocycles. The molecule has 0 fully saturated rings. The Hall–Kier alpha value is -2.89. The standard InChI is InChI=1S/C17H17N3O3/c1-3-11-5-4-6-13-14(8-18-16(11)13)15(21)10-23-17(22)12-7-19-20(2)9-12/h4-9,18H,3,10H2,1-2H3. The topological polar surface area (TPSA) is 77.0 Å². The van der Waals surface area contributed by atoms with Crippen molar-refractivity contribution in [2.45, 2.75) is 13.3 Å². The Morgan fingerprint density at radius 2 is 2.17 bits per heavy atom. The van der Waals surface area contributed by atoms with Crippen LogP contribution >= 0.6 is 0 Å². The molecule has 0 saturated carbocycles. The SMILES string of the molecule is CCc1cccc2c(C(=O)COC(=O)c3cnn(C)c3)c[nH]c12. The van der Waals surface area contributed by atoms with Crippen LogP contribution in [0.4, 0.5) is 0 Å². The second-order valence-corrected chi connectivity index (χ2v) is 5.30. The van der Waals surface area contributed by atoms with Gasteiger partial charge < -0.3 is 9.72 Å². The predicted molar refractivity (Wildman–Crippen MR) is 85.5 cm³/mol. The molecule has 0 bridgehead atoms.